The van der Waals surface area contributed by atoms with Crippen LogP contribution in [0.15, 0.2) is 48.5 Å². The van der Waals surface area contributed by atoms with Crippen LogP contribution in [0.2, 0.25) is 13.1 Å². The van der Waals surface area contributed by atoms with Crippen molar-refractivity contribution in [3.63, 3.8) is 0 Å². The predicted octanol–water partition coefficient (Wildman–Crippen LogP) is 9.34. The molecular formula is C42H50O8Si2. The number of benzene rings is 4. The van der Waals surface area contributed by atoms with E-state index in [1.165, 1.54) is 13.1 Å². The molecule has 0 saturated heterocycles. The summed E-state index contributed by atoms with van der Waals surface area (Å²) in [5, 5.41) is 0. The molecule has 4 aromatic carbocycles. The SMILES string of the molecule is Cc1cc(C)c(C(=O)O[Si](C)(OC(=O)c2c(C)cc(C)cc2C)[Si](C)(OC(=O)c2c(C)cc(C)cc2C)OC(=O)c2c(C)cc(C)cc2C)c(C)c1. The van der Waals surface area contributed by atoms with Gasteiger partial charge >= 0.3 is 40.0 Å². The quantitative estimate of drug-likeness (QED) is 0.157. The van der Waals surface area contributed by atoms with Gasteiger partial charge in [0.05, 0.1) is 22.3 Å². The van der Waals surface area contributed by atoms with Gasteiger partial charge in [-0.1, -0.05) is 70.8 Å². The zero-order valence-corrected chi connectivity index (χ0v) is 34.9. The van der Waals surface area contributed by atoms with Crippen molar-refractivity contribution in [3.8, 4) is 0 Å². The smallest absolute Gasteiger partial charge is 0.479 e. The molecule has 4 aromatic rings. The molecule has 0 aliphatic heterocycles. The molecule has 0 radical (unpaired) electrons. The van der Waals surface area contributed by atoms with Crippen molar-refractivity contribution in [2.45, 2.75) is 96.2 Å². The highest BCUT2D eigenvalue weighted by Crippen LogP contribution is 2.33. The van der Waals surface area contributed by atoms with Crippen molar-refractivity contribution in [3.05, 3.63) is 138 Å². The molecule has 0 N–H and O–H groups in total. The molecular weight excluding hydrogens is 689 g/mol. The van der Waals surface area contributed by atoms with E-state index in [9.17, 15) is 19.2 Å². The molecule has 52 heavy (non-hydrogen) atoms. The lowest BCUT2D eigenvalue weighted by Gasteiger charge is -2.37. The van der Waals surface area contributed by atoms with Gasteiger partial charge in [0.2, 0.25) is 0 Å². The maximum Gasteiger partial charge on any atom is 0.533 e. The topological polar surface area (TPSA) is 105 Å². The summed E-state index contributed by atoms with van der Waals surface area (Å²) in [6.07, 6.45) is 0. The molecule has 10 heteroatoms. The van der Waals surface area contributed by atoms with Crippen LogP contribution in [-0.4, -0.2) is 40.0 Å². The second-order valence-electron chi connectivity index (χ2n) is 14.5. The summed E-state index contributed by atoms with van der Waals surface area (Å²) in [7, 11) is -9.09. The van der Waals surface area contributed by atoms with Crippen molar-refractivity contribution in [2.75, 3.05) is 0 Å². The minimum atomic E-state index is -4.54. The van der Waals surface area contributed by atoms with Gasteiger partial charge in [-0.2, -0.15) is 0 Å². The summed E-state index contributed by atoms with van der Waals surface area (Å²) in [6.45, 7) is 25.0. The first-order valence-corrected chi connectivity index (χ1v) is 23.0. The molecule has 0 bridgehead atoms. The Morgan fingerprint density at radius 1 is 0.327 bits per heavy atom. The third kappa shape index (κ3) is 8.13. The van der Waals surface area contributed by atoms with E-state index in [0.717, 1.165) is 22.3 Å². The average molecular weight is 739 g/mol. The molecule has 0 unspecified atom stereocenters. The molecule has 0 aliphatic rings. The molecule has 0 saturated carbocycles. The molecule has 0 atom stereocenters. The van der Waals surface area contributed by atoms with E-state index in [2.05, 4.69) is 0 Å². The summed E-state index contributed by atoms with van der Waals surface area (Å²) in [6, 6.07) is 14.9. The summed E-state index contributed by atoms with van der Waals surface area (Å²) in [5.41, 5.74) is 10.2. The Bertz CT molecular complexity index is 1740. The first-order valence-electron chi connectivity index (χ1n) is 17.3. The Kier molecular flexibility index (Phi) is 11.6. The zero-order valence-electron chi connectivity index (χ0n) is 32.9. The van der Waals surface area contributed by atoms with Crippen molar-refractivity contribution in [1.29, 1.82) is 0 Å². The van der Waals surface area contributed by atoms with E-state index in [4.69, 9.17) is 17.7 Å². The lowest BCUT2D eigenvalue weighted by atomic mass is 10.0. The highest BCUT2D eigenvalue weighted by Gasteiger charge is 2.70. The summed E-state index contributed by atoms with van der Waals surface area (Å²) in [4.78, 5) is 57.3. The third-order valence-corrected chi connectivity index (χ3v) is 19.6. The van der Waals surface area contributed by atoms with E-state index in [1.54, 1.807) is 55.4 Å². The molecule has 0 aliphatic carbocycles. The highest BCUT2D eigenvalue weighted by atomic mass is 29.3. The molecule has 8 nitrogen and oxygen atoms in total. The molecule has 0 spiro atoms. The molecule has 0 amide bonds. The van der Waals surface area contributed by atoms with Gasteiger partial charge < -0.3 is 17.7 Å². The second kappa shape index (κ2) is 15.0. The van der Waals surface area contributed by atoms with Crippen LogP contribution in [-0.2, 0) is 17.7 Å². The fraction of sp³-hybridized carbons (Fsp3) is 0.333. The summed E-state index contributed by atoms with van der Waals surface area (Å²) < 4.78 is 25.5. The molecule has 274 valence electrons. The first kappa shape index (κ1) is 40.0. The Balaban J connectivity index is 1.97. The van der Waals surface area contributed by atoms with Crippen molar-refractivity contribution in [2.24, 2.45) is 0 Å². The Labute approximate surface area is 309 Å². The minimum absolute atomic E-state index is 0.285. The van der Waals surface area contributed by atoms with Gasteiger partial charge in [-0.05, 0) is 128 Å². The highest BCUT2D eigenvalue weighted by molar-refractivity contribution is 7.32. The fourth-order valence-electron chi connectivity index (χ4n) is 7.33. The number of carbonyl (C=O) groups excluding carboxylic acids is 4. The monoisotopic (exact) mass is 738 g/mol. The van der Waals surface area contributed by atoms with Crippen LogP contribution >= 0.6 is 0 Å². The standard InChI is InChI=1S/C42H50O8Si2/c1-23-15-27(5)35(28(6)16-23)39(43)47-51(13,48-40(44)36-29(7)17-24(2)18-30(36)8)52(14,49-41(45)37-31(9)19-25(3)20-32(37)10)50-42(46)38-33(11)21-26(4)22-34(38)12/h15-22H,1-14H3. The van der Waals surface area contributed by atoms with Crippen LogP contribution in [0.3, 0.4) is 0 Å². The van der Waals surface area contributed by atoms with Crippen molar-refractivity contribution in [1.82, 2.24) is 0 Å². The second-order valence-corrected chi connectivity index (χ2v) is 24.6. The predicted molar refractivity (Wildman–Crippen MR) is 208 cm³/mol. The van der Waals surface area contributed by atoms with E-state index in [0.29, 0.717) is 44.5 Å². The summed E-state index contributed by atoms with van der Waals surface area (Å²) in [5.74, 6) is -3.09. The maximum atomic E-state index is 14.3. The Morgan fingerprint density at radius 2 is 0.462 bits per heavy atom. The normalized spacial score (nSPS) is 11.6. The molecule has 4 rings (SSSR count). The third-order valence-electron chi connectivity index (χ3n) is 9.50. The number of hydrogen-bond donors (Lipinski definition) is 0. The fourth-order valence-corrected chi connectivity index (χ4v) is 13.3. The van der Waals surface area contributed by atoms with Crippen LogP contribution in [0.25, 0.3) is 0 Å². The molecule has 0 fully saturated rings. The summed E-state index contributed by atoms with van der Waals surface area (Å²) >= 11 is 0. The number of aryl methyl sites for hydroxylation is 12. The van der Waals surface area contributed by atoms with Crippen molar-refractivity contribution >= 4 is 40.0 Å². The maximum absolute atomic E-state index is 14.3. The average Bonchev–Trinajstić information content (AvgIpc) is 2.94. The van der Waals surface area contributed by atoms with Gasteiger partial charge in [0.15, 0.2) is 0 Å². The van der Waals surface area contributed by atoms with Gasteiger partial charge in [-0.3, -0.25) is 0 Å². The van der Waals surface area contributed by atoms with Crippen LogP contribution in [0.1, 0.15) is 108 Å². The number of hydrogen-bond acceptors (Lipinski definition) is 8. The first-order chi connectivity index (χ1) is 24.1. The van der Waals surface area contributed by atoms with Crippen LogP contribution in [0, 0.1) is 83.1 Å². The van der Waals surface area contributed by atoms with E-state index in [-0.39, 0.29) is 22.3 Å². The van der Waals surface area contributed by atoms with E-state index < -0.39 is 40.0 Å². The van der Waals surface area contributed by atoms with Gasteiger partial charge in [0.25, 0.3) is 0 Å². The lowest BCUT2D eigenvalue weighted by molar-refractivity contribution is 0.0479. The minimum Gasteiger partial charge on any atom is -0.479 e. The van der Waals surface area contributed by atoms with Gasteiger partial charge in [-0.15, -0.1) is 0 Å². The largest absolute Gasteiger partial charge is 0.533 e. The molecule has 0 aromatic heterocycles. The van der Waals surface area contributed by atoms with Crippen molar-refractivity contribution < 1.29 is 36.9 Å². The van der Waals surface area contributed by atoms with Gasteiger partial charge in [0.1, 0.15) is 0 Å². The van der Waals surface area contributed by atoms with Crippen LogP contribution in [0.4, 0.5) is 0 Å². The Morgan fingerprint density at radius 3 is 0.596 bits per heavy atom. The van der Waals surface area contributed by atoms with Crippen LogP contribution in [0.5, 0.6) is 0 Å². The lowest BCUT2D eigenvalue weighted by Crippen LogP contribution is -2.69. The Hall–Kier alpha value is -4.81. The van der Waals surface area contributed by atoms with E-state index in [1.807, 2.05) is 76.2 Å². The molecule has 0 heterocycles. The van der Waals surface area contributed by atoms with Gasteiger partial charge in [0, 0.05) is 13.1 Å². The van der Waals surface area contributed by atoms with Crippen LogP contribution < -0.4 is 0 Å². The number of rotatable bonds is 9. The van der Waals surface area contributed by atoms with E-state index >= 15 is 0 Å². The van der Waals surface area contributed by atoms with Gasteiger partial charge in [-0.25, -0.2) is 19.2 Å². The number of carbonyl (C=O) groups is 4. The zero-order chi connectivity index (χ0) is 39.0.